The highest BCUT2D eigenvalue weighted by Crippen LogP contribution is 2.33. The SMILES string of the molecule is CCNCCCc1nnc(C2COc3ccccc3C2)s1. The van der Waals surface area contributed by atoms with Gasteiger partial charge in [-0.15, -0.1) is 21.5 Å². The van der Waals surface area contributed by atoms with E-state index >= 15 is 0 Å². The molecule has 0 radical (unpaired) electrons. The molecule has 1 unspecified atom stereocenters. The van der Waals surface area contributed by atoms with Crippen molar-refractivity contribution in [3.63, 3.8) is 0 Å². The molecule has 112 valence electrons. The largest absolute Gasteiger partial charge is 0.493 e. The van der Waals surface area contributed by atoms with Crippen LogP contribution in [0.15, 0.2) is 24.3 Å². The van der Waals surface area contributed by atoms with Gasteiger partial charge < -0.3 is 10.1 Å². The third kappa shape index (κ3) is 3.60. The van der Waals surface area contributed by atoms with Crippen molar-refractivity contribution in [2.24, 2.45) is 0 Å². The second-order valence-corrected chi connectivity index (χ2v) is 6.40. The molecule has 0 bridgehead atoms. The van der Waals surface area contributed by atoms with Gasteiger partial charge in [0.15, 0.2) is 0 Å². The first-order chi connectivity index (χ1) is 10.4. The summed E-state index contributed by atoms with van der Waals surface area (Å²) in [6.07, 6.45) is 3.13. The van der Waals surface area contributed by atoms with Gasteiger partial charge in [0.25, 0.3) is 0 Å². The molecule has 1 atom stereocenters. The van der Waals surface area contributed by atoms with Crippen LogP contribution in [0.4, 0.5) is 0 Å². The number of hydrogen-bond acceptors (Lipinski definition) is 5. The standard InChI is InChI=1S/C16H21N3OS/c1-2-17-9-5-8-15-18-19-16(21-15)13-10-12-6-3-4-7-14(12)20-11-13/h3-4,6-7,13,17H,2,5,8-11H2,1H3. The number of nitrogens with one attached hydrogen (secondary N) is 1. The minimum absolute atomic E-state index is 0.347. The van der Waals surface area contributed by atoms with E-state index in [4.69, 9.17) is 4.74 Å². The van der Waals surface area contributed by atoms with Crippen LogP contribution < -0.4 is 10.1 Å². The normalized spacial score (nSPS) is 17.3. The van der Waals surface area contributed by atoms with E-state index in [1.54, 1.807) is 11.3 Å². The number of nitrogens with zero attached hydrogens (tertiary/aromatic N) is 2. The molecule has 0 saturated heterocycles. The molecule has 0 amide bonds. The summed E-state index contributed by atoms with van der Waals surface area (Å²) in [6.45, 7) is 4.92. The van der Waals surface area contributed by atoms with Crippen molar-refractivity contribution >= 4 is 11.3 Å². The lowest BCUT2D eigenvalue weighted by Gasteiger charge is -2.23. The number of benzene rings is 1. The number of hydrogen-bond donors (Lipinski definition) is 1. The predicted molar refractivity (Wildman–Crippen MR) is 85.2 cm³/mol. The molecular formula is C16H21N3OS. The fraction of sp³-hybridized carbons (Fsp3) is 0.500. The first kappa shape index (κ1) is 14.5. The Bertz CT molecular complexity index is 584. The molecule has 5 heteroatoms. The van der Waals surface area contributed by atoms with Gasteiger partial charge in [-0.1, -0.05) is 25.1 Å². The van der Waals surface area contributed by atoms with E-state index in [0.717, 1.165) is 48.1 Å². The number of ether oxygens (including phenoxy) is 1. The van der Waals surface area contributed by atoms with Crippen LogP contribution in [0.1, 0.15) is 34.8 Å². The number of rotatable bonds is 6. The lowest BCUT2D eigenvalue weighted by Crippen LogP contribution is -2.18. The summed E-state index contributed by atoms with van der Waals surface area (Å²) in [5.74, 6) is 1.36. The number of para-hydroxylation sites is 1. The molecule has 2 aromatic rings. The van der Waals surface area contributed by atoms with E-state index < -0.39 is 0 Å². The fourth-order valence-electron chi connectivity index (χ4n) is 2.56. The highest BCUT2D eigenvalue weighted by molar-refractivity contribution is 7.11. The number of aromatic nitrogens is 2. The van der Waals surface area contributed by atoms with Crippen molar-refractivity contribution in [2.45, 2.75) is 32.1 Å². The average molecular weight is 303 g/mol. The van der Waals surface area contributed by atoms with Crippen molar-refractivity contribution < 1.29 is 4.74 Å². The highest BCUT2D eigenvalue weighted by atomic mass is 32.1. The third-order valence-corrected chi connectivity index (χ3v) is 4.85. The highest BCUT2D eigenvalue weighted by Gasteiger charge is 2.24. The van der Waals surface area contributed by atoms with Gasteiger partial charge in [-0.25, -0.2) is 0 Å². The second kappa shape index (κ2) is 7.00. The van der Waals surface area contributed by atoms with Crippen molar-refractivity contribution in [3.05, 3.63) is 39.8 Å². The maximum absolute atomic E-state index is 5.84. The van der Waals surface area contributed by atoms with E-state index in [1.807, 2.05) is 12.1 Å². The Morgan fingerprint density at radius 3 is 3.14 bits per heavy atom. The minimum Gasteiger partial charge on any atom is -0.493 e. The number of aryl methyl sites for hydroxylation is 1. The van der Waals surface area contributed by atoms with Crippen LogP contribution in [-0.4, -0.2) is 29.9 Å². The summed E-state index contributed by atoms with van der Waals surface area (Å²) >= 11 is 1.74. The smallest absolute Gasteiger partial charge is 0.124 e. The molecule has 0 aliphatic carbocycles. The number of fused-ring (bicyclic) bond motifs is 1. The fourth-order valence-corrected chi connectivity index (χ4v) is 3.53. The Morgan fingerprint density at radius 2 is 2.24 bits per heavy atom. The molecule has 3 rings (SSSR count). The molecule has 0 fully saturated rings. The quantitative estimate of drug-likeness (QED) is 0.834. The Labute approximate surface area is 129 Å². The van der Waals surface area contributed by atoms with Gasteiger partial charge in [0.05, 0.1) is 12.5 Å². The molecule has 2 heterocycles. The zero-order valence-electron chi connectivity index (χ0n) is 12.3. The Morgan fingerprint density at radius 1 is 1.33 bits per heavy atom. The van der Waals surface area contributed by atoms with Crippen LogP contribution in [-0.2, 0) is 12.8 Å². The molecule has 1 N–H and O–H groups in total. The molecule has 1 aromatic heterocycles. The maximum atomic E-state index is 5.84. The van der Waals surface area contributed by atoms with Crippen LogP contribution in [0.25, 0.3) is 0 Å². The van der Waals surface area contributed by atoms with Crippen molar-refractivity contribution in [1.29, 1.82) is 0 Å². The maximum Gasteiger partial charge on any atom is 0.124 e. The van der Waals surface area contributed by atoms with Crippen LogP contribution in [0.5, 0.6) is 5.75 Å². The molecule has 4 nitrogen and oxygen atoms in total. The summed E-state index contributed by atoms with van der Waals surface area (Å²) in [5, 5.41) is 14.3. The third-order valence-electron chi connectivity index (χ3n) is 3.70. The Balaban J connectivity index is 1.59. The van der Waals surface area contributed by atoms with Crippen molar-refractivity contribution in [1.82, 2.24) is 15.5 Å². The van der Waals surface area contributed by atoms with Crippen LogP contribution in [0, 0.1) is 0 Å². The molecule has 1 aromatic carbocycles. The van der Waals surface area contributed by atoms with Crippen molar-refractivity contribution in [2.75, 3.05) is 19.7 Å². The molecule has 0 saturated carbocycles. The average Bonchev–Trinajstić information content (AvgIpc) is 3.00. The Kier molecular flexibility index (Phi) is 4.83. The monoisotopic (exact) mass is 303 g/mol. The van der Waals surface area contributed by atoms with Gasteiger partial charge >= 0.3 is 0 Å². The van der Waals surface area contributed by atoms with Gasteiger partial charge in [-0.2, -0.15) is 0 Å². The molecule has 1 aliphatic rings. The van der Waals surface area contributed by atoms with Crippen LogP contribution >= 0.6 is 11.3 Å². The molecular weight excluding hydrogens is 282 g/mol. The van der Waals surface area contributed by atoms with Gasteiger partial charge in [0, 0.05) is 6.42 Å². The summed E-state index contributed by atoms with van der Waals surface area (Å²) in [4.78, 5) is 0. The van der Waals surface area contributed by atoms with Gasteiger partial charge in [0.1, 0.15) is 15.8 Å². The van der Waals surface area contributed by atoms with Crippen LogP contribution in [0.2, 0.25) is 0 Å². The van der Waals surface area contributed by atoms with Crippen molar-refractivity contribution in [3.8, 4) is 5.75 Å². The summed E-state index contributed by atoms with van der Waals surface area (Å²) in [7, 11) is 0. The topological polar surface area (TPSA) is 47.0 Å². The molecule has 21 heavy (non-hydrogen) atoms. The second-order valence-electron chi connectivity index (χ2n) is 5.31. The van der Waals surface area contributed by atoms with E-state index in [1.165, 1.54) is 5.56 Å². The van der Waals surface area contributed by atoms with Gasteiger partial charge in [-0.05, 0) is 37.6 Å². The van der Waals surface area contributed by atoms with E-state index in [9.17, 15) is 0 Å². The van der Waals surface area contributed by atoms with Gasteiger partial charge in [0.2, 0.25) is 0 Å². The van der Waals surface area contributed by atoms with Crippen LogP contribution in [0.3, 0.4) is 0 Å². The van der Waals surface area contributed by atoms with E-state index in [0.29, 0.717) is 12.5 Å². The summed E-state index contributed by atoms with van der Waals surface area (Å²) < 4.78 is 5.84. The van der Waals surface area contributed by atoms with E-state index in [2.05, 4.69) is 34.6 Å². The predicted octanol–water partition coefficient (Wildman–Crippen LogP) is 2.80. The molecule has 0 spiro atoms. The lowest BCUT2D eigenvalue weighted by atomic mass is 9.97. The first-order valence-electron chi connectivity index (χ1n) is 7.60. The zero-order chi connectivity index (χ0) is 14.5. The minimum atomic E-state index is 0.347. The van der Waals surface area contributed by atoms with Gasteiger partial charge in [-0.3, -0.25) is 0 Å². The summed E-state index contributed by atoms with van der Waals surface area (Å²) in [5.41, 5.74) is 1.28. The Hall–Kier alpha value is -1.46. The summed E-state index contributed by atoms with van der Waals surface area (Å²) in [6, 6.07) is 8.26. The van der Waals surface area contributed by atoms with E-state index in [-0.39, 0.29) is 0 Å². The lowest BCUT2D eigenvalue weighted by molar-refractivity contribution is 0.262. The zero-order valence-corrected chi connectivity index (χ0v) is 13.2. The molecule has 1 aliphatic heterocycles. The first-order valence-corrected chi connectivity index (χ1v) is 8.42.